The van der Waals surface area contributed by atoms with E-state index in [-0.39, 0.29) is 5.56 Å². The molecule has 1 aliphatic rings. The van der Waals surface area contributed by atoms with Crippen LogP contribution in [-0.2, 0) is 0 Å². The van der Waals surface area contributed by atoms with Crippen molar-refractivity contribution in [1.29, 1.82) is 0 Å². The number of nitrogens with one attached hydrogen (secondary N) is 1. The number of carbonyl (C=O) groups is 1. The number of nitrogens with zero attached hydrogens (tertiary/aromatic N) is 1. The van der Waals surface area contributed by atoms with Crippen molar-refractivity contribution in [3.63, 3.8) is 0 Å². The van der Waals surface area contributed by atoms with E-state index >= 15 is 0 Å². The molecule has 1 amide bonds. The van der Waals surface area contributed by atoms with Crippen molar-refractivity contribution < 1.29 is 13.6 Å². The Morgan fingerprint density at radius 3 is 2.77 bits per heavy atom. The summed E-state index contributed by atoms with van der Waals surface area (Å²) in [7, 11) is 0. The Kier molecular flexibility index (Phi) is 4.24. The number of hydrogen-bond acceptors (Lipinski definition) is 1. The molecular formula is C20H15ClF2N2O. The molecule has 6 heteroatoms. The van der Waals surface area contributed by atoms with Crippen molar-refractivity contribution in [1.82, 2.24) is 9.88 Å². The summed E-state index contributed by atoms with van der Waals surface area (Å²) in [4.78, 5) is 17.2. The molecule has 0 spiro atoms. The Hall–Kier alpha value is -2.66. The quantitative estimate of drug-likeness (QED) is 0.673. The van der Waals surface area contributed by atoms with Crippen LogP contribution in [0.5, 0.6) is 0 Å². The van der Waals surface area contributed by atoms with Gasteiger partial charge in [-0.3, -0.25) is 4.79 Å². The molecule has 4 rings (SSSR count). The number of carbonyl (C=O) groups excluding carboxylic acids is 1. The smallest absolute Gasteiger partial charge is 0.257 e. The molecule has 1 aromatic heterocycles. The summed E-state index contributed by atoms with van der Waals surface area (Å²) in [5.41, 5.74) is 2.90. The number of halogens is 3. The minimum Gasteiger partial charge on any atom is -0.361 e. The first-order valence-corrected chi connectivity index (χ1v) is 8.61. The predicted molar refractivity (Wildman–Crippen MR) is 98.2 cm³/mol. The molecule has 132 valence electrons. The third-order valence-electron chi connectivity index (χ3n) is 4.64. The van der Waals surface area contributed by atoms with Gasteiger partial charge >= 0.3 is 0 Å². The van der Waals surface area contributed by atoms with E-state index in [0.29, 0.717) is 24.5 Å². The van der Waals surface area contributed by atoms with Gasteiger partial charge in [0.1, 0.15) is 11.6 Å². The maximum Gasteiger partial charge on any atom is 0.257 e. The zero-order valence-electron chi connectivity index (χ0n) is 13.7. The predicted octanol–water partition coefficient (Wildman–Crippen LogP) is 5.03. The number of amides is 1. The number of H-pyrrole nitrogens is 1. The van der Waals surface area contributed by atoms with Crippen LogP contribution in [0.4, 0.5) is 8.78 Å². The maximum absolute atomic E-state index is 13.8. The lowest BCUT2D eigenvalue weighted by Gasteiger charge is -2.26. The van der Waals surface area contributed by atoms with Gasteiger partial charge in [0, 0.05) is 40.8 Å². The van der Waals surface area contributed by atoms with E-state index in [9.17, 15) is 13.6 Å². The molecule has 0 atom stereocenters. The fourth-order valence-corrected chi connectivity index (χ4v) is 3.46. The molecule has 1 N–H and O–H groups in total. The Bertz CT molecular complexity index is 1040. The van der Waals surface area contributed by atoms with E-state index < -0.39 is 17.5 Å². The summed E-state index contributed by atoms with van der Waals surface area (Å²) in [6, 6.07) is 8.58. The van der Waals surface area contributed by atoms with E-state index in [2.05, 4.69) is 4.98 Å². The highest BCUT2D eigenvalue weighted by molar-refractivity contribution is 6.31. The Morgan fingerprint density at radius 2 is 2.00 bits per heavy atom. The van der Waals surface area contributed by atoms with Crippen LogP contribution in [0.3, 0.4) is 0 Å². The third kappa shape index (κ3) is 2.99. The van der Waals surface area contributed by atoms with Gasteiger partial charge in [-0.15, -0.1) is 0 Å². The van der Waals surface area contributed by atoms with Gasteiger partial charge in [-0.2, -0.15) is 0 Å². The molecular weight excluding hydrogens is 358 g/mol. The van der Waals surface area contributed by atoms with Crippen LogP contribution in [0.2, 0.25) is 5.02 Å². The van der Waals surface area contributed by atoms with Crippen LogP contribution in [0, 0.1) is 11.6 Å². The fourth-order valence-electron chi connectivity index (χ4n) is 3.29. The van der Waals surface area contributed by atoms with Gasteiger partial charge in [-0.1, -0.05) is 17.7 Å². The Morgan fingerprint density at radius 1 is 1.15 bits per heavy atom. The molecule has 0 unspecified atom stereocenters. The second-order valence-corrected chi connectivity index (χ2v) is 6.68. The standard InChI is InChI=1S/C20H15ClF2N2O/c21-13-1-4-19-15(9-13)17(11-24-19)12-5-7-25(8-6-12)20(26)16-10-14(22)2-3-18(16)23/h1-5,9-11,24H,6-8H2. The van der Waals surface area contributed by atoms with E-state index in [1.807, 2.05) is 30.5 Å². The molecule has 2 heterocycles. The minimum absolute atomic E-state index is 0.235. The van der Waals surface area contributed by atoms with E-state index in [1.54, 1.807) is 0 Å². The first kappa shape index (κ1) is 16.8. The van der Waals surface area contributed by atoms with Crippen molar-refractivity contribution in [2.75, 3.05) is 13.1 Å². The summed E-state index contributed by atoms with van der Waals surface area (Å²) in [6.07, 6.45) is 4.50. The van der Waals surface area contributed by atoms with E-state index in [0.717, 1.165) is 40.2 Å². The maximum atomic E-state index is 13.8. The molecule has 2 aromatic carbocycles. The lowest BCUT2D eigenvalue weighted by Crippen LogP contribution is -2.35. The highest BCUT2D eigenvalue weighted by atomic mass is 35.5. The first-order valence-electron chi connectivity index (χ1n) is 8.23. The monoisotopic (exact) mass is 372 g/mol. The molecule has 1 aliphatic heterocycles. The highest BCUT2D eigenvalue weighted by Gasteiger charge is 2.23. The van der Waals surface area contributed by atoms with Crippen LogP contribution in [-0.4, -0.2) is 28.9 Å². The second-order valence-electron chi connectivity index (χ2n) is 6.25. The zero-order valence-corrected chi connectivity index (χ0v) is 14.5. The largest absolute Gasteiger partial charge is 0.361 e. The minimum atomic E-state index is -0.711. The number of rotatable bonds is 2. The van der Waals surface area contributed by atoms with Gasteiger partial charge < -0.3 is 9.88 Å². The summed E-state index contributed by atoms with van der Waals surface area (Å²) >= 11 is 6.09. The Balaban J connectivity index is 1.59. The molecule has 0 saturated heterocycles. The molecule has 0 aliphatic carbocycles. The average molecular weight is 373 g/mol. The number of aromatic amines is 1. The van der Waals surface area contributed by atoms with Crippen molar-refractivity contribution in [3.8, 4) is 0 Å². The Labute approximate surface area is 153 Å². The first-order chi connectivity index (χ1) is 12.5. The van der Waals surface area contributed by atoms with Gasteiger partial charge in [0.05, 0.1) is 5.56 Å². The molecule has 0 bridgehead atoms. The lowest BCUT2D eigenvalue weighted by atomic mass is 9.98. The van der Waals surface area contributed by atoms with Crippen LogP contribution in [0.15, 0.2) is 48.7 Å². The average Bonchev–Trinajstić information content (AvgIpc) is 3.06. The van der Waals surface area contributed by atoms with Gasteiger partial charge in [0.15, 0.2) is 0 Å². The molecule has 26 heavy (non-hydrogen) atoms. The SMILES string of the molecule is O=C(c1cc(F)ccc1F)N1CC=C(c2c[nH]c3ccc(Cl)cc23)CC1. The normalized spacial score (nSPS) is 14.6. The summed E-state index contributed by atoms with van der Waals surface area (Å²) in [5, 5.41) is 1.69. The van der Waals surface area contributed by atoms with Crippen LogP contribution in [0.1, 0.15) is 22.3 Å². The summed E-state index contributed by atoms with van der Waals surface area (Å²) < 4.78 is 27.2. The van der Waals surface area contributed by atoms with Crippen molar-refractivity contribution in [3.05, 3.63) is 76.5 Å². The zero-order chi connectivity index (χ0) is 18.3. The number of aromatic nitrogens is 1. The summed E-state index contributed by atoms with van der Waals surface area (Å²) in [6.45, 7) is 0.783. The van der Waals surface area contributed by atoms with E-state index in [1.165, 1.54) is 4.90 Å². The number of benzene rings is 2. The van der Waals surface area contributed by atoms with Crippen LogP contribution in [0.25, 0.3) is 16.5 Å². The van der Waals surface area contributed by atoms with Gasteiger partial charge in [-0.05, 0) is 48.4 Å². The molecule has 3 nitrogen and oxygen atoms in total. The molecule has 0 saturated carbocycles. The molecule has 3 aromatic rings. The second kappa shape index (κ2) is 6.57. The van der Waals surface area contributed by atoms with E-state index in [4.69, 9.17) is 11.6 Å². The summed E-state index contributed by atoms with van der Waals surface area (Å²) in [5.74, 6) is -1.84. The molecule has 0 radical (unpaired) electrons. The van der Waals surface area contributed by atoms with Crippen molar-refractivity contribution >= 4 is 34.0 Å². The van der Waals surface area contributed by atoms with Crippen LogP contribution >= 0.6 is 11.6 Å². The number of fused-ring (bicyclic) bond motifs is 1. The molecule has 0 fully saturated rings. The topological polar surface area (TPSA) is 36.1 Å². The van der Waals surface area contributed by atoms with Gasteiger partial charge in [0.2, 0.25) is 0 Å². The highest BCUT2D eigenvalue weighted by Crippen LogP contribution is 2.31. The lowest BCUT2D eigenvalue weighted by molar-refractivity contribution is 0.0767. The van der Waals surface area contributed by atoms with Gasteiger partial charge in [0.25, 0.3) is 5.91 Å². The fraction of sp³-hybridized carbons (Fsp3) is 0.150. The van der Waals surface area contributed by atoms with Gasteiger partial charge in [-0.25, -0.2) is 8.78 Å². The third-order valence-corrected chi connectivity index (χ3v) is 4.88. The van der Waals surface area contributed by atoms with Crippen molar-refractivity contribution in [2.45, 2.75) is 6.42 Å². The van der Waals surface area contributed by atoms with Crippen LogP contribution < -0.4 is 0 Å². The van der Waals surface area contributed by atoms with Crippen molar-refractivity contribution in [2.24, 2.45) is 0 Å². The number of hydrogen-bond donors (Lipinski definition) is 1.